The van der Waals surface area contributed by atoms with Crippen molar-refractivity contribution >= 4 is 26.6 Å². The van der Waals surface area contributed by atoms with Gasteiger partial charge in [-0.3, -0.25) is 19.3 Å². The molecule has 2 aromatic heterocycles. The second-order valence-corrected chi connectivity index (χ2v) is 9.19. The Balaban J connectivity index is 1.44. The van der Waals surface area contributed by atoms with Crippen molar-refractivity contribution in [3.63, 3.8) is 0 Å². The number of fused-ring (bicyclic) bond motifs is 1. The molecule has 0 radical (unpaired) electrons. The van der Waals surface area contributed by atoms with Crippen molar-refractivity contribution < 1.29 is 12.8 Å². The molecular formula is C23H19N5O4S. The quantitative estimate of drug-likeness (QED) is 0.399. The van der Waals surface area contributed by atoms with Crippen molar-refractivity contribution in [2.75, 3.05) is 4.72 Å². The summed E-state index contributed by atoms with van der Waals surface area (Å²) < 4.78 is 35.6. The van der Waals surface area contributed by atoms with Gasteiger partial charge >= 0.3 is 0 Å². The van der Waals surface area contributed by atoms with E-state index >= 15 is 0 Å². The van der Waals surface area contributed by atoms with Crippen LogP contribution in [0.5, 0.6) is 0 Å². The van der Waals surface area contributed by atoms with E-state index < -0.39 is 10.0 Å². The molecule has 10 heteroatoms. The van der Waals surface area contributed by atoms with Crippen LogP contribution in [0.15, 0.2) is 86.9 Å². The van der Waals surface area contributed by atoms with Gasteiger partial charge in [0.15, 0.2) is 0 Å². The van der Waals surface area contributed by atoms with Gasteiger partial charge in [0.1, 0.15) is 0 Å². The van der Waals surface area contributed by atoms with E-state index in [9.17, 15) is 13.2 Å². The Morgan fingerprint density at radius 2 is 1.82 bits per heavy atom. The van der Waals surface area contributed by atoms with Crippen molar-refractivity contribution in [3.8, 4) is 11.5 Å². The normalized spacial score (nSPS) is 11.7. The van der Waals surface area contributed by atoms with Gasteiger partial charge in [-0.2, -0.15) is 0 Å². The first-order valence-electron chi connectivity index (χ1n) is 10.1. The van der Waals surface area contributed by atoms with Gasteiger partial charge in [0.25, 0.3) is 15.6 Å². The lowest BCUT2D eigenvalue weighted by Gasteiger charge is -2.09. The van der Waals surface area contributed by atoms with E-state index in [-0.39, 0.29) is 22.0 Å². The molecule has 0 aliphatic carbocycles. The number of H-pyrrole nitrogens is 1. The van der Waals surface area contributed by atoms with E-state index in [0.717, 1.165) is 5.56 Å². The van der Waals surface area contributed by atoms with Crippen LogP contribution in [0.2, 0.25) is 0 Å². The minimum Gasteiger partial charge on any atom is -0.421 e. The Labute approximate surface area is 188 Å². The molecule has 0 aliphatic heterocycles. The van der Waals surface area contributed by atoms with Crippen LogP contribution in [0.1, 0.15) is 11.5 Å². The highest BCUT2D eigenvalue weighted by molar-refractivity contribution is 7.92. The van der Waals surface area contributed by atoms with E-state index in [1.165, 1.54) is 18.2 Å². The van der Waals surface area contributed by atoms with Gasteiger partial charge in [0.05, 0.1) is 22.3 Å². The maximum Gasteiger partial charge on any atom is 0.272 e. The molecular weight excluding hydrogens is 442 g/mol. The van der Waals surface area contributed by atoms with Crippen LogP contribution in [0.3, 0.4) is 0 Å². The molecule has 2 heterocycles. The minimum atomic E-state index is -3.92. The molecule has 5 rings (SSSR count). The van der Waals surface area contributed by atoms with Crippen LogP contribution in [-0.2, 0) is 16.6 Å². The van der Waals surface area contributed by atoms with Crippen molar-refractivity contribution in [1.82, 2.24) is 20.0 Å². The van der Waals surface area contributed by atoms with Crippen molar-refractivity contribution in [2.45, 2.75) is 18.4 Å². The van der Waals surface area contributed by atoms with E-state index in [2.05, 4.69) is 20.0 Å². The fourth-order valence-corrected chi connectivity index (χ4v) is 4.67. The molecule has 0 atom stereocenters. The molecule has 0 saturated carbocycles. The number of anilines is 1. The van der Waals surface area contributed by atoms with E-state index in [4.69, 9.17) is 4.42 Å². The Morgan fingerprint density at radius 1 is 1.00 bits per heavy atom. The molecule has 2 N–H and O–H groups in total. The molecule has 3 aromatic carbocycles. The maximum atomic E-state index is 13.0. The fourth-order valence-electron chi connectivity index (χ4n) is 3.57. The summed E-state index contributed by atoms with van der Waals surface area (Å²) in [5.74, 6) is 0.617. The van der Waals surface area contributed by atoms with Gasteiger partial charge in [-0.15, -0.1) is 10.2 Å². The maximum absolute atomic E-state index is 13.0. The van der Waals surface area contributed by atoms with Crippen molar-refractivity contribution in [1.29, 1.82) is 0 Å². The van der Waals surface area contributed by atoms with Crippen LogP contribution in [0.4, 0.5) is 5.69 Å². The second-order valence-electron chi connectivity index (χ2n) is 7.50. The molecule has 0 amide bonds. The molecule has 33 heavy (non-hydrogen) atoms. The summed E-state index contributed by atoms with van der Waals surface area (Å²) in [4.78, 5) is 12.5. The highest BCUT2D eigenvalue weighted by Crippen LogP contribution is 2.24. The Hall–Kier alpha value is -4.18. The first-order valence-corrected chi connectivity index (χ1v) is 11.6. The summed E-state index contributed by atoms with van der Waals surface area (Å²) >= 11 is 0. The summed E-state index contributed by atoms with van der Waals surface area (Å²) in [6.45, 7) is 2.15. The van der Waals surface area contributed by atoms with Crippen molar-refractivity contribution in [3.05, 3.63) is 94.6 Å². The van der Waals surface area contributed by atoms with Gasteiger partial charge in [0, 0.05) is 18.2 Å². The summed E-state index contributed by atoms with van der Waals surface area (Å²) in [6.07, 6.45) is 0. The molecule has 0 unspecified atom stereocenters. The zero-order chi connectivity index (χ0) is 23.0. The SMILES string of the molecule is Cc1nnc(-c2cccc(S(=O)(=O)Nc3ccc4c(c3)c(=O)[nH]n4Cc3ccccc3)c2)o1. The molecule has 0 fully saturated rings. The number of aryl methyl sites for hydroxylation is 1. The van der Waals surface area contributed by atoms with Gasteiger partial charge in [0.2, 0.25) is 11.8 Å². The minimum absolute atomic E-state index is 0.0338. The van der Waals surface area contributed by atoms with Crippen LogP contribution in [0.25, 0.3) is 22.4 Å². The molecule has 0 spiro atoms. The topological polar surface area (TPSA) is 123 Å². The number of rotatable bonds is 6. The number of aromatic amines is 1. The number of aromatic nitrogens is 4. The fraction of sp³-hybridized carbons (Fsp3) is 0.0870. The van der Waals surface area contributed by atoms with E-state index in [1.807, 2.05) is 30.3 Å². The van der Waals surface area contributed by atoms with E-state index in [1.54, 1.807) is 35.9 Å². The van der Waals surface area contributed by atoms with Crippen LogP contribution < -0.4 is 10.3 Å². The first kappa shape index (κ1) is 20.7. The zero-order valence-corrected chi connectivity index (χ0v) is 18.3. The van der Waals surface area contributed by atoms with Crippen LogP contribution in [-0.4, -0.2) is 28.4 Å². The largest absolute Gasteiger partial charge is 0.421 e. The summed E-state index contributed by atoms with van der Waals surface area (Å²) in [5, 5.41) is 10.9. The smallest absolute Gasteiger partial charge is 0.272 e. The highest BCUT2D eigenvalue weighted by atomic mass is 32.2. The molecule has 0 aliphatic rings. The number of nitrogens with zero attached hydrogens (tertiary/aromatic N) is 3. The number of benzene rings is 3. The standard InChI is InChI=1S/C23H19N5O4S/c1-15-24-25-23(32-15)17-8-5-9-19(12-17)33(30,31)27-18-10-11-21-20(13-18)22(29)26-28(21)14-16-6-3-2-4-7-16/h2-13,27H,14H2,1H3,(H,26,29). The lowest BCUT2D eigenvalue weighted by atomic mass is 10.2. The van der Waals surface area contributed by atoms with Gasteiger partial charge < -0.3 is 4.42 Å². The molecule has 166 valence electrons. The lowest BCUT2D eigenvalue weighted by Crippen LogP contribution is -2.13. The zero-order valence-electron chi connectivity index (χ0n) is 17.5. The summed E-state index contributed by atoms with van der Waals surface area (Å²) in [6, 6.07) is 20.8. The lowest BCUT2D eigenvalue weighted by molar-refractivity contribution is 0.532. The number of sulfonamides is 1. The van der Waals surface area contributed by atoms with Gasteiger partial charge in [-0.1, -0.05) is 36.4 Å². The Morgan fingerprint density at radius 3 is 2.58 bits per heavy atom. The second kappa shape index (κ2) is 8.06. The summed E-state index contributed by atoms with van der Waals surface area (Å²) in [7, 11) is -3.92. The van der Waals surface area contributed by atoms with E-state index in [0.29, 0.717) is 28.9 Å². The van der Waals surface area contributed by atoms with Crippen LogP contribution in [0, 0.1) is 6.92 Å². The predicted octanol–water partition coefficient (Wildman–Crippen LogP) is 3.54. The monoisotopic (exact) mass is 461 g/mol. The molecule has 9 nitrogen and oxygen atoms in total. The predicted molar refractivity (Wildman–Crippen MR) is 123 cm³/mol. The van der Waals surface area contributed by atoms with Crippen molar-refractivity contribution in [2.24, 2.45) is 0 Å². The average molecular weight is 462 g/mol. The Kier molecular flexibility index (Phi) is 5.06. The first-order chi connectivity index (χ1) is 15.9. The molecule has 0 saturated heterocycles. The third kappa shape index (κ3) is 4.15. The third-order valence-electron chi connectivity index (χ3n) is 5.12. The number of hydrogen-bond donors (Lipinski definition) is 2. The average Bonchev–Trinajstić information content (AvgIpc) is 3.37. The molecule has 5 aromatic rings. The Bertz CT molecular complexity index is 1620. The third-order valence-corrected chi connectivity index (χ3v) is 6.50. The highest BCUT2D eigenvalue weighted by Gasteiger charge is 2.18. The van der Waals surface area contributed by atoms with Gasteiger partial charge in [-0.05, 0) is 42.0 Å². The number of hydrogen-bond acceptors (Lipinski definition) is 6. The van der Waals surface area contributed by atoms with Gasteiger partial charge in [-0.25, -0.2) is 8.42 Å². The summed E-state index contributed by atoms with van der Waals surface area (Å²) in [5.41, 5.74) is 2.19. The molecule has 0 bridgehead atoms. The number of nitrogens with one attached hydrogen (secondary N) is 2. The van der Waals surface area contributed by atoms with Crippen LogP contribution >= 0.6 is 0 Å².